The van der Waals surface area contributed by atoms with Crippen LogP contribution in [0, 0.1) is 0 Å². The zero-order valence-corrected chi connectivity index (χ0v) is 9.96. The molecule has 3 rings (SSSR count). The molecule has 90 valence electrons. The molecule has 17 heavy (non-hydrogen) atoms. The van der Waals surface area contributed by atoms with Crippen LogP contribution in [-0.2, 0) is 6.42 Å². The van der Waals surface area contributed by atoms with Crippen molar-refractivity contribution in [1.29, 1.82) is 0 Å². The first-order chi connectivity index (χ1) is 8.21. The second-order valence-electron chi connectivity index (χ2n) is 5.21. The summed E-state index contributed by atoms with van der Waals surface area (Å²) in [6.45, 7) is 0.962. The Morgan fingerprint density at radius 3 is 2.88 bits per heavy atom. The molecular formula is C14H18N2O. The fraction of sp³-hybridized carbons (Fsp3) is 0.500. The highest BCUT2D eigenvalue weighted by Gasteiger charge is 2.42. The molecule has 1 unspecified atom stereocenters. The number of nitrogens with one attached hydrogen (secondary N) is 1. The Balaban J connectivity index is 2.01. The van der Waals surface area contributed by atoms with Gasteiger partial charge in [-0.1, -0.05) is 6.07 Å². The van der Waals surface area contributed by atoms with E-state index >= 15 is 0 Å². The lowest BCUT2D eigenvalue weighted by Crippen LogP contribution is -2.56. The van der Waals surface area contributed by atoms with Crippen molar-refractivity contribution in [2.45, 2.75) is 37.6 Å². The zero-order chi connectivity index (χ0) is 11.9. The summed E-state index contributed by atoms with van der Waals surface area (Å²) in [7, 11) is 0. The molecule has 3 nitrogen and oxygen atoms in total. The minimum Gasteiger partial charge on any atom is -0.399 e. The SMILES string of the molecule is Nc1ccc2c(c1)C(=O)C1(CCCCN1)CC2. The number of hydrogen-bond acceptors (Lipinski definition) is 3. The van der Waals surface area contributed by atoms with Crippen molar-refractivity contribution in [2.24, 2.45) is 0 Å². The van der Waals surface area contributed by atoms with Crippen LogP contribution in [0.25, 0.3) is 0 Å². The van der Waals surface area contributed by atoms with E-state index in [4.69, 9.17) is 5.73 Å². The van der Waals surface area contributed by atoms with Crippen molar-refractivity contribution in [3.05, 3.63) is 29.3 Å². The number of anilines is 1. The topological polar surface area (TPSA) is 55.1 Å². The fourth-order valence-corrected chi connectivity index (χ4v) is 3.12. The predicted octanol–water partition coefficient (Wildman–Crippen LogP) is 1.91. The normalized spacial score (nSPS) is 28.1. The third-order valence-corrected chi connectivity index (χ3v) is 4.13. The van der Waals surface area contributed by atoms with Crippen LogP contribution in [0.5, 0.6) is 0 Å². The Labute approximate surface area is 101 Å². The largest absolute Gasteiger partial charge is 0.399 e. The van der Waals surface area contributed by atoms with Crippen LogP contribution in [-0.4, -0.2) is 17.9 Å². The number of benzene rings is 1. The predicted molar refractivity (Wildman–Crippen MR) is 68.1 cm³/mol. The number of nitrogens with two attached hydrogens (primary N) is 1. The highest BCUT2D eigenvalue weighted by atomic mass is 16.1. The van der Waals surface area contributed by atoms with Crippen LogP contribution in [0.4, 0.5) is 5.69 Å². The molecule has 0 saturated carbocycles. The standard InChI is InChI=1S/C14H18N2O/c15-11-4-3-10-5-7-14(6-1-2-8-16-14)13(17)12(10)9-11/h3-4,9,16H,1-2,5-8,15H2. The number of piperidine rings is 1. The molecule has 1 aliphatic carbocycles. The van der Waals surface area contributed by atoms with Crippen molar-refractivity contribution in [3.63, 3.8) is 0 Å². The molecule has 1 atom stereocenters. The molecule has 0 bridgehead atoms. The van der Waals surface area contributed by atoms with Crippen molar-refractivity contribution in [2.75, 3.05) is 12.3 Å². The number of hydrogen-bond donors (Lipinski definition) is 2. The second kappa shape index (κ2) is 3.84. The number of aryl methyl sites for hydroxylation is 1. The van der Waals surface area contributed by atoms with Gasteiger partial charge in [-0.05, 0) is 56.3 Å². The fourth-order valence-electron chi connectivity index (χ4n) is 3.12. The van der Waals surface area contributed by atoms with Gasteiger partial charge in [-0.15, -0.1) is 0 Å². The maximum Gasteiger partial charge on any atom is 0.183 e. The van der Waals surface area contributed by atoms with Gasteiger partial charge in [0.25, 0.3) is 0 Å². The van der Waals surface area contributed by atoms with Crippen LogP contribution >= 0.6 is 0 Å². The maximum atomic E-state index is 12.6. The van der Waals surface area contributed by atoms with Crippen LogP contribution in [0.15, 0.2) is 18.2 Å². The van der Waals surface area contributed by atoms with Crippen molar-refractivity contribution < 1.29 is 4.79 Å². The Bertz CT molecular complexity index is 461. The number of fused-ring (bicyclic) bond motifs is 1. The van der Waals surface area contributed by atoms with Crippen LogP contribution in [0.3, 0.4) is 0 Å². The lowest BCUT2D eigenvalue weighted by atomic mass is 9.72. The number of Topliss-reactive ketones (excluding diaryl/α,β-unsaturated/α-hetero) is 1. The first-order valence-corrected chi connectivity index (χ1v) is 6.40. The summed E-state index contributed by atoms with van der Waals surface area (Å²) in [5, 5.41) is 3.45. The van der Waals surface area contributed by atoms with E-state index in [-0.39, 0.29) is 11.3 Å². The minimum absolute atomic E-state index is 0.255. The molecule has 1 heterocycles. The number of ketones is 1. The molecule has 3 heteroatoms. The van der Waals surface area contributed by atoms with Gasteiger partial charge in [-0.3, -0.25) is 4.79 Å². The van der Waals surface area contributed by atoms with E-state index in [1.807, 2.05) is 18.2 Å². The lowest BCUT2D eigenvalue weighted by Gasteiger charge is -2.40. The van der Waals surface area contributed by atoms with E-state index in [1.54, 1.807) is 0 Å². The van der Waals surface area contributed by atoms with Gasteiger partial charge in [0.2, 0.25) is 0 Å². The third kappa shape index (κ3) is 1.65. The second-order valence-corrected chi connectivity index (χ2v) is 5.21. The lowest BCUT2D eigenvalue weighted by molar-refractivity contribution is 0.0782. The monoisotopic (exact) mass is 230 g/mol. The van der Waals surface area contributed by atoms with Gasteiger partial charge < -0.3 is 11.1 Å². The number of rotatable bonds is 0. The van der Waals surface area contributed by atoms with E-state index in [0.717, 1.165) is 43.4 Å². The molecule has 1 spiro atoms. The summed E-state index contributed by atoms with van der Waals surface area (Å²) in [5.74, 6) is 0.255. The van der Waals surface area contributed by atoms with Crippen LogP contribution < -0.4 is 11.1 Å². The molecule has 1 fully saturated rings. The Morgan fingerprint density at radius 1 is 1.24 bits per heavy atom. The summed E-state index contributed by atoms with van der Waals surface area (Å²) in [6.07, 6.45) is 5.21. The van der Waals surface area contributed by atoms with Gasteiger partial charge >= 0.3 is 0 Å². The summed E-state index contributed by atoms with van der Waals surface area (Å²) in [4.78, 5) is 12.6. The van der Waals surface area contributed by atoms with Gasteiger partial charge in [-0.2, -0.15) is 0 Å². The molecule has 1 saturated heterocycles. The molecule has 3 N–H and O–H groups in total. The number of carbonyl (C=O) groups excluding carboxylic acids is 1. The van der Waals surface area contributed by atoms with Crippen molar-refractivity contribution >= 4 is 11.5 Å². The summed E-state index contributed by atoms with van der Waals surface area (Å²) >= 11 is 0. The van der Waals surface area contributed by atoms with Gasteiger partial charge in [0, 0.05) is 11.3 Å². The molecular weight excluding hydrogens is 212 g/mol. The summed E-state index contributed by atoms with van der Waals surface area (Å²) in [6, 6.07) is 5.73. The highest BCUT2D eigenvalue weighted by molar-refractivity contribution is 6.06. The minimum atomic E-state index is -0.293. The van der Waals surface area contributed by atoms with Gasteiger partial charge in [0.1, 0.15) is 0 Å². The van der Waals surface area contributed by atoms with E-state index in [1.165, 1.54) is 6.42 Å². The van der Waals surface area contributed by atoms with Gasteiger partial charge in [0.15, 0.2) is 5.78 Å². The van der Waals surface area contributed by atoms with Crippen LogP contribution in [0.1, 0.15) is 41.6 Å². The molecule has 0 aromatic heterocycles. The molecule has 0 radical (unpaired) electrons. The van der Waals surface area contributed by atoms with Crippen molar-refractivity contribution in [1.82, 2.24) is 5.32 Å². The average Bonchev–Trinajstić information content (AvgIpc) is 2.36. The van der Waals surface area contributed by atoms with E-state index in [2.05, 4.69) is 5.32 Å². The van der Waals surface area contributed by atoms with Gasteiger partial charge in [0.05, 0.1) is 5.54 Å². The van der Waals surface area contributed by atoms with Crippen LogP contribution in [0.2, 0.25) is 0 Å². The Morgan fingerprint density at radius 2 is 2.12 bits per heavy atom. The van der Waals surface area contributed by atoms with E-state index in [0.29, 0.717) is 5.69 Å². The maximum absolute atomic E-state index is 12.6. The summed E-state index contributed by atoms with van der Waals surface area (Å²) in [5.41, 5.74) is 8.18. The average molecular weight is 230 g/mol. The first-order valence-electron chi connectivity index (χ1n) is 6.40. The zero-order valence-electron chi connectivity index (χ0n) is 9.96. The Kier molecular flexibility index (Phi) is 2.44. The highest BCUT2D eigenvalue weighted by Crippen LogP contribution is 2.34. The van der Waals surface area contributed by atoms with E-state index < -0.39 is 0 Å². The van der Waals surface area contributed by atoms with Gasteiger partial charge in [-0.25, -0.2) is 0 Å². The Hall–Kier alpha value is -1.35. The molecule has 1 aromatic rings. The number of carbonyl (C=O) groups is 1. The molecule has 0 amide bonds. The van der Waals surface area contributed by atoms with E-state index in [9.17, 15) is 4.79 Å². The summed E-state index contributed by atoms with van der Waals surface area (Å²) < 4.78 is 0. The molecule has 1 aliphatic heterocycles. The molecule has 1 aromatic carbocycles. The smallest absolute Gasteiger partial charge is 0.183 e. The third-order valence-electron chi connectivity index (χ3n) is 4.13. The first kappa shape index (κ1) is 10.8. The molecule has 2 aliphatic rings. The van der Waals surface area contributed by atoms with Crippen molar-refractivity contribution in [3.8, 4) is 0 Å². The number of nitrogen functional groups attached to an aromatic ring is 1. The quantitative estimate of drug-likeness (QED) is 0.669.